The minimum atomic E-state index is -0.593. The lowest BCUT2D eigenvalue weighted by atomic mass is 9.74. The van der Waals surface area contributed by atoms with Crippen molar-refractivity contribution in [3.05, 3.63) is 29.8 Å². The fourth-order valence-corrected chi connectivity index (χ4v) is 3.15. The number of aliphatic hydroxyl groups excluding tert-OH is 1. The summed E-state index contributed by atoms with van der Waals surface area (Å²) < 4.78 is 11.3. The maximum Gasteiger partial charge on any atom is 0.119 e. The Kier molecular flexibility index (Phi) is 5.06. The standard InChI is InChI=1S/C17H26O3/c1-4-20-17(10-8-13(2)9-11-17)16(18)14-6-5-7-15(12-14)19-3/h5-7,12-13,16,18H,4,8-11H2,1-3H3. The molecule has 112 valence electrons. The van der Waals surface area contributed by atoms with Crippen molar-refractivity contribution in [2.24, 2.45) is 5.92 Å². The van der Waals surface area contributed by atoms with Crippen LogP contribution in [-0.4, -0.2) is 24.4 Å². The fourth-order valence-electron chi connectivity index (χ4n) is 3.15. The lowest BCUT2D eigenvalue weighted by Gasteiger charge is -2.42. The molecular weight excluding hydrogens is 252 g/mol. The van der Waals surface area contributed by atoms with Gasteiger partial charge in [0.25, 0.3) is 0 Å². The lowest BCUT2D eigenvalue weighted by molar-refractivity contribution is -0.146. The van der Waals surface area contributed by atoms with Crippen LogP contribution >= 0.6 is 0 Å². The van der Waals surface area contributed by atoms with Crippen molar-refractivity contribution in [2.45, 2.75) is 51.2 Å². The molecule has 0 radical (unpaired) electrons. The van der Waals surface area contributed by atoms with Gasteiger partial charge in [-0.1, -0.05) is 19.1 Å². The smallest absolute Gasteiger partial charge is 0.119 e. The predicted molar refractivity (Wildman–Crippen MR) is 79.9 cm³/mol. The Hall–Kier alpha value is -1.06. The molecule has 0 amide bonds. The van der Waals surface area contributed by atoms with Gasteiger partial charge in [0.05, 0.1) is 12.7 Å². The van der Waals surface area contributed by atoms with E-state index in [0.29, 0.717) is 6.61 Å². The summed E-state index contributed by atoms with van der Waals surface area (Å²) in [5.74, 6) is 1.50. The molecule has 0 heterocycles. The molecule has 1 N–H and O–H groups in total. The number of ether oxygens (including phenoxy) is 2. The van der Waals surface area contributed by atoms with Crippen molar-refractivity contribution in [3.8, 4) is 5.75 Å². The van der Waals surface area contributed by atoms with Crippen molar-refractivity contribution in [1.82, 2.24) is 0 Å². The van der Waals surface area contributed by atoms with Crippen molar-refractivity contribution < 1.29 is 14.6 Å². The van der Waals surface area contributed by atoms with E-state index in [4.69, 9.17) is 9.47 Å². The lowest BCUT2D eigenvalue weighted by Crippen LogP contribution is -2.42. The van der Waals surface area contributed by atoms with Crippen LogP contribution in [0.5, 0.6) is 5.75 Å². The maximum absolute atomic E-state index is 10.9. The third kappa shape index (κ3) is 3.15. The quantitative estimate of drug-likeness (QED) is 0.892. The van der Waals surface area contributed by atoms with Crippen LogP contribution in [0, 0.1) is 5.92 Å². The predicted octanol–water partition coefficient (Wildman–Crippen LogP) is 3.71. The molecule has 1 atom stereocenters. The largest absolute Gasteiger partial charge is 0.497 e. The molecule has 1 aliphatic rings. The summed E-state index contributed by atoms with van der Waals surface area (Å²) in [5, 5.41) is 10.9. The average molecular weight is 278 g/mol. The highest BCUT2D eigenvalue weighted by atomic mass is 16.5. The van der Waals surface area contributed by atoms with E-state index in [1.807, 2.05) is 31.2 Å². The van der Waals surface area contributed by atoms with Gasteiger partial charge in [-0.2, -0.15) is 0 Å². The Balaban J connectivity index is 2.23. The van der Waals surface area contributed by atoms with E-state index >= 15 is 0 Å². The second-order valence-electron chi connectivity index (χ2n) is 5.86. The molecule has 1 saturated carbocycles. The van der Waals surface area contributed by atoms with E-state index in [9.17, 15) is 5.11 Å². The summed E-state index contributed by atoms with van der Waals surface area (Å²) in [6, 6.07) is 7.67. The van der Waals surface area contributed by atoms with E-state index in [1.165, 1.54) is 0 Å². The number of benzene rings is 1. The number of hydrogen-bond acceptors (Lipinski definition) is 3. The van der Waals surface area contributed by atoms with Crippen LogP contribution in [0.25, 0.3) is 0 Å². The zero-order chi connectivity index (χ0) is 14.6. The molecule has 2 rings (SSSR count). The molecule has 1 aromatic carbocycles. The topological polar surface area (TPSA) is 38.7 Å². The minimum Gasteiger partial charge on any atom is -0.497 e. The van der Waals surface area contributed by atoms with Gasteiger partial charge in [0.1, 0.15) is 11.9 Å². The molecule has 0 spiro atoms. The van der Waals surface area contributed by atoms with Gasteiger partial charge < -0.3 is 14.6 Å². The van der Waals surface area contributed by atoms with Gasteiger partial charge in [-0.05, 0) is 56.2 Å². The summed E-state index contributed by atoms with van der Waals surface area (Å²) in [4.78, 5) is 0. The van der Waals surface area contributed by atoms with Gasteiger partial charge in [-0.15, -0.1) is 0 Å². The summed E-state index contributed by atoms with van der Waals surface area (Å²) >= 11 is 0. The average Bonchev–Trinajstić information content (AvgIpc) is 2.49. The summed E-state index contributed by atoms with van der Waals surface area (Å²) in [5.41, 5.74) is 0.445. The molecule has 0 aliphatic heterocycles. The highest BCUT2D eigenvalue weighted by molar-refractivity contribution is 5.31. The maximum atomic E-state index is 10.9. The number of aliphatic hydroxyl groups is 1. The van der Waals surface area contributed by atoms with Gasteiger partial charge >= 0.3 is 0 Å². The molecular formula is C17H26O3. The summed E-state index contributed by atoms with van der Waals surface area (Å²) in [6.45, 7) is 4.90. The number of hydrogen-bond donors (Lipinski definition) is 1. The Morgan fingerprint density at radius 2 is 2.05 bits per heavy atom. The molecule has 0 saturated heterocycles. The molecule has 1 aliphatic carbocycles. The van der Waals surface area contributed by atoms with Gasteiger partial charge in [0.15, 0.2) is 0 Å². The van der Waals surface area contributed by atoms with Crippen LogP contribution in [-0.2, 0) is 4.74 Å². The van der Waals surface area contributed by atoms with Gasteiger partial charge in [-0.3, -0.25) is 0 Å². The van der Waals surface area contributed by atoms with Gasteiger partial charge in [0.2, 0.25) is 0 Å². The molecule has 20 heavy (non-hydrogen) atoms. The first kappa shape index (κ1) is 15.3. The highest BCUT2D eigenvalue weighted by Gasteiger charge is 2.42. The van der Waals surface area contributed by atoms with Crippen molar-refractivity contribution in [3.63, 3.8) is 0 Å². The Labute approximate surface area is 121 Å². The third-order valence-corrected chi connectivity index (χ3v) is 4.46. The normalized spacial score (nSPS) is 28.1. The zero-order valence-electron chi connectivity index (χ0n) is 12.8. The van der Waals surface area contributed by atoms with Gasteiger partial charge in [0, 0.05) is 6.61 Å². The Morgan fingerprint density at radius 3 is 2.65 bits per heavy atom. The third-order valence-electron chi connectivity index (χ3n) is 4.46. The van der Waals surface area contributed by atoms with E-state index in [2.05, 4.69) is 6.92 Å². The molecule has 3 nitrogen and oxygen atoms in total. The van der Waals surface area contributed by atoms with Crippen molar-refractivity contribution >= 4 is 0 Å². The van der Waals surface area contributed by atoms with Crippen LogP contribution in [0.2, 0.25) is 0 Å². The minimum absolute atomic E-state index is 0.437. The van der Waals surface area contributed by atoms with Crippen LogP contribution < -0.4 is 4.74 Å². The molecule has 1 fully saturated rings. The van der Waals surface area contributed by atoms with Crippen LogP contribution in [0.1, 0.15) is 51.2 Å². The van der Waals surface area contributed by atoms with Crippen molar-refractivity contribution in [2.75, 3.05) is 13.7 Å². The second kappa shape index (κ2) is 6.59. The van der Waals surface area contributed by atoms with Crippen LogP contribution in [0.3, 0.4) is 0 Å². The zero-order valence-corrected chi connectivity index (χ0v) is 12.8. The summed E-state index contributed by atoms with van der Waals surface area (Å²) in [6.07, 6.45) is 3.47. The molecule has 0 aromatic heterocycles. The Bertz CT molecular complexity index is 422. The molecule has 3 heteroatoms. The molecule has 1 aromatic rings. The number of methoxy groups -OCH3 is 1. The summed E-state index contributed by atoms with van der Waals surface area (Å²) in [7, 11) is 1.64. The molecule has 1 unspecified atom stereocenters. The fraction of sp³-hybridized carbons (Fsp3) is 0.647. The van der Waals surface area contributed by atoms with Crippen LogP contribution in [0.4, 0.5) is 0 Å². The van der Waals surface area contributed by atoms with Crippen LogP contribution in [0.15, 0.2) is 24.3 Å². The molecule has 0 bridgehead atoms. The second-order valence-corrected chi connectivity index (χ2v) is 5.86. The first-order valence-electron chi connectivity index (χ1n) is 7.57. The highest BCUT2D eigenvalue weighted by Crippen LogP contribution is 2.43. The van der Waals surface area contributed by atoms with E-state index in [-0.39, 0.29) is 0 Å². The van der Waals surface area contributed by atoms with Crippen molar-refractivity contribution in [1.29, 1.82) is 0 Å². The first-order chi connectivity index (χ1) is 9.61. The number of rotatable bonds is 5. The first-order valence-corrected chi connectivity index (χ1v) is 7.57. The Morgan fingerprint density at radius 1 is 1.35 bits per heavy atom. The van der Waals surface area contributed by atoms with E-state index < -0.39 is 11.7 Å². The van der Waals surface area contributed by atoms with E-state index in [0.717, 1.165) is 42.9 Å². The monoisotopic (exact) mass is 278 g/mol. The van der Waals surface area contributed by atoms with E-state index in [1.54, 1.807) is 7.11 Å². The SMILES string of the molecule is CCOC1(C(O)c2cccc(OC)c2)CCC(C)CC1. The van der Waals surface area contributed by atoms with Gasteiger partial charge in [-0.25, -0.2) is 0 Å².